The minimum Gasteiger partial charge on any atom is -0.392 e. The number of aryl methyl sites for hydroxylation is 1. The zero-order valence-electron chi connectivity index (χ0n) is 13.2. The fraction of sp³-hybridized carbons (Fsp3) is 0.211. The van der Waals surface area contributed by atoms with E-state index in [1.807, 2.05) is 59.3 Å². The van der Waals surface area contributed by atoms with Gasteiger partial charge in [-0.1, -0.05) is 35.9 Å². The summed E-state index contributed by atoms with van der Waals surface area (Å²) in [5.41, 5.74) is 2.85. The molecule has 4 nitrogen and oxygen atoms in total. The smallest absolute Gasteiger partial charge is 0.222 e. The number of aliphatic hydroxyl groups excluding tert-OH is 1. The van der Waals surface area contributed by atoms with Crippen LogP contribution in [0.3, 0.4) is 0 Å². The Hall–Kier alpha value is -2.30. The van der Waals surface area contributed by atoms with Gasteiger partial charge in [-0.2, -0.15) is 0 Å². The van der Waals surface area contributed by atoms with Crippen LogP contribution in [0, 0.1) is 0 Å². The highest BCUT2D eigenvalue weighted by Crippen LogP contribution is 2.20. The maximum Gasteiger partial charge on any atom is 0.222 e. The Morgan fingerprint density at radius 3 is 2.71 bits per heavy atom. The number of amides is 1. The van der Waals surface area contributed by atoms with Crippen LogP contribution >= 0.6 is 11.6 Å². The van der Waals surface area contributed by atoms with Gasteiger partial charge in [0, 0.05) is 41.6 Å². The van der Waals surface area contributed by atoms with Crippen LogP contribution in [0.4, 0.5) is 0 Å². The summed E-state index contributed by atoms with van der Waals surface area (Å²) in [7, 11) is 0. The lowest BCUT2D eigenvalue weighted by Gasteiger charge is -2.10. The first kappa shape index (κ1) is 16.6. The highest BCUT2D eigenvalue weighted by molar-refractivity contribution is 6.31. The van der Waals surface area contributed by atoms with E-state index in [9.17, 15) is 9.90 Å². The number of carbonyl (C=O) groups is 1. The summed E-state index contributed by atoms with van der Waals surface area (Å²) < 4.78 is 2.05. The van der Waals surface area contributed by atoms with E-state index in [0.717, 1.165) is 22.0 Å². The molecule has 24 heavy (non-hydrogen) atoms. The molecule has 3 aromatic rings. The Balaban J connectivity index is 1.57. The van der Waals surface area contributed by atoms with E-state index >= 15 is 0 Å². The average molecular weight is 343 g/mol. The van der Waals surface area contributed by atoms with Crippen LogP contribution in [0.2, 0.25) is 5.02 Å². The average Bonchev–Trinajstić information content (AvgIpc) is 3.00. The van der Waals surface area contributed by atoms with Crippen LogP contribution in [-0.2, 0) is 24.5 Å². The standard InChI is InChI=1S/C19H19ClN2O2/c20-17-5-6-18-14(11-17)7-9-22(18)10-8-19(24)21-12-15-3-1-2-4-16(15)13-23/h1-7,9,11,23H,8,10,12-13H2,(H,21,24). The second-order valence-corrected chi connectivity index (χ2v) is 6.10. The molecule has 0 unspecified atom stereocenters. The maximum absolute atomic E-state index is 12.1. The second-order valence-electron chi connectivity index (χ2n) is 5.67. The molecule has 0 atom stereocenters. The van der Waals surface area contributed by atoms with Crippen molar-refractivity contribution in [2.75, 3.05) is 0 Å². The molecule has 1 heterocycles. The normalized spacial score (nSPS) is 10.9. The molecule has 2 N–H and O–H groups in total. The number of carbonyl (C=O) groups excluding carboxylic acids is 1. The van der Waals surface area contributed by atoms with Crippen molar-refractivity contribution >= 4 is 28.4 Å². The molecule has 0 bridgehead atoms. The molecule has 5 heteroatoms. The van der Waals surface area contributed by atoms with E-state index in [1.165, 1.54) is 0 Å². The minimum absolute atomic E-state index is 0.0152. The molecule has 0 radical (unpaired) electrons. The minimum atomic E-state index is -0.0238. The lowest BCUT2D eigenvalue weighted by molar-refractivity contribution is -0.121. The van der Waals surface area contributed by atoms with Crippen molar-refractivity contribution in [1.82, 2.24) is 9.88 Å². The number of nitrogens with one attached hydrogen (secondary N) is 1. The summed E-state index contributed by atoms with van der Waals surface area (Å²) in [6.45, 7) is 1.01. The second kappa shape index (κ2) is 7.51. The van der Waals surface area contributed by atoms with Gasteiger partial charge in [0.25, 0.3) is 0 Å². The fourth-order valence-corrected chi connectivity index (χ4v) is 2.93. The molecule has 1 amide bonds. The molecule has 0 aliphatic carbocycles. The van der Waals surface area contributed by atoms with Gasteiger partial charge in [0.05, 0.1) is 6.61 Å². The van der Waals surface area contributed by atoms with Crippen LogP contribution in [0.5, 0.6) is 0 Å². The van der Waals surface area contributed by atoms with Crippen molar-refractivity contribution in [2.24, 2.45) is 0 Å². The molecule has 1 aromatic heterocycles. The van der Waals surface area contributed by atoms with E-state index in [4.69, 9.17) is 11.6 Å². The van der Waals surface area contributed by atoms with E-state index in [2.05, 4.69) is 5.32 Å². The van der Waals surface area contributed by atoms with Crippen LogP contribution in [0.25, 0.3) is 10.9 Å². The molecule has 0 spiro atoms. The predicted molar refractivity (Wildman–Crippen MR) is 95.8 cm³/mol. The van der Waals surface area contributed by atoms with Crippen LogP contribution in [0.1, 0.15) is 17.5 Å². The molecular formula is C19H19ClN2O2. The van der Waals surface area contributed by atoms with E-state index in [-0.39, 0.29) is 12.5 Å². The predicted octanol–water partition coefficient (Wildman–Crippen LogP) is 3.49. The number of aromatic nitrogens is 1. The zero-order chi connectivity index (χ0) is 16.9. The molecule has 0 aliphatic heterocycles. The first-order valence-corrected chi connectivity index (χ1v) is 8.24. The van der Waals surface area contributed by atoms with Crippen molar-refractivity contribution in [3.05, 3.63) is 70.9 Å². The first-order valence-electron chi connectivity index (χ1n) is 7.86. The largest absolute Gasteiger partial charge is 0.392 e. The highest BCUT2D eigenvalue weighted by atomic mass is 35.5. The van der Waals surface area contributed by atoms with Crippen LogP contribution in [-0.4, -0.2) is 15.6 Å². The number of nitrogens with zero attached hydrogens (tertiary/aromatic N) is 1. The van der Waals surface area contributed by atoms with Crippen molar-refractivity contribution in [2.45, 2.75) is 26.1 Å². The van der Waals surface area contributed by atoms with Gasteiger partial charge in [-0.15, -0.1) is 0 Å². The number of aliphatic hydroxyl groups is 1. The lowest BCUT2D eigenvalue weighted by atomic mass is 10.1. The first-order chi connectivity index (χ1) is 11.7. The third-order valence-corrected chi connectivity index (χ3v) is 4.31. The van der Waals surface area contributed by atoms with Gasteiger partial charge in [-0.05, 0) is 35.4 Å². The molecule has 0 aliphatic rings. The summed E-state index contributed by atoms with van der Waals surface area (Å²) in [6, 6.07) is 15.3. The van der Waals surface area contributed by atoms with E-state index < -0.39 is 0 Å². The zero-order valence-corrected chi connectivity index (χ0v) is 14.0. The van der Waals surface area contributed by atoms with Gasteiger partial charge in [0.2, 0.25) is 5.91 Å². The number of rotatable bonds is 6. The van der Waals surface area contributed by atoms with Crippen LogP contribution < -0.4 is 5.32 Å². The maximum atomic E-state index is 12.1. The van der Waals surface area contributed by atoms with Gasteiger partial charge in [0.1, 0.15) is 0 Å². The molecule has 124 valence electrons. The number of hydrogen-bond acceptors (Lipinski definition) is 2. The Labute approximate surface area is 145 Å². The quantitative estimate of drug-likeness (QED) is 0.720. The third kappa shape index (κ3) is 3.78. The molecule has 0 fully saturated rings. The summed E-state index contributed by atoms with van der Waals surface area (Å²) in [6.07, 6.45) is 2.36. The number of benzene rings is 2. The SMILES string of the molecule is O=C(CCn1ccc2cc(Cl)ccc21)NCc1ccccc1CO. The summed E-state index contributed by atoms with van der Waals surface area (Å²) in [5, 5.41) is 14.0. The van der Waals surface area contributed by atoms with Crippen molar-refractivity contribution < 1.29 is 9.90 Å². The van der Waals surface area contributed by atoms with Gasteiger partial charge >= 0.3 is 0 Å². The summed E-state index contributed by atoms with van der Waals surface area (Å²) >= 11 is 5.99. The molecule has 2 aromatic carbocycles. The van der Waals surface area contributed by atoms with Gasteiger partial charge in [-0.3, -0.25) is 4.79 Å². The Bertz CT molecular complexity index is 857. The Kier molecular flexibility index (Phi) is 5.18. The van der Waals surface area contributed by atoms with Crippen molar-refractivity contribution in [3.8, 4) is 0 Å². The van der Waals surface area contributed by atoms with Gasteiger partial charge in [0.15, 0.2) is 0 Å². The topological polar surface area (TPSA) is 54.3 Å². The van der Waals surface area contributed by atoms with E-state index in [1.54, 1.807) is 0 Å². The highest BCUT2D eigenvalue weighted by Gasteiger charge is 2.07. The Morgan fingerprint density at radius 2 is 1.92 bits per heavy atom. The van der Waals surface area contributed by atoms with Gasteiger partial charge < -0.3 is 15.0 Å². The molecule has 0 saturated heterocycles. The Morgan fingerprint density at radius 1 is 1.12 bits per heavy atom. The van der Waals surface area contributed by atoms with Gasteiger partial charge in [-0.25, -0.2) is 0 Å². The van der Waals surface area contributed by atoms with E-state index in [0.29, 0.717) is 24.5 Å². The van der Waals surface area contributed by atoms with Crippen molar-refractivity contribution in [3.63, 3.8) is 0 Å². The fourth-order valence-electron chi connectivity index (χ4n) is 2.75. The number of halogens is 1. The molecular weight excluding hydrogens is 324 g/mol. The number of hydrogen-bond donors (Lipinski definition) is 2. The monoisotopic (exact) mass is 342 g/mol. The molecule has 3 rings (SSSR count). The summed E-state index contributed by atoms with van der Waals surface area (Å²) in [4.78, 5) is 12.1. The third-order valence-electron chi connectivity index (χ3n) is 4.08. The summed E-state index contributed by atoms with van der Waals surface area (Å²) in [5.74, 6) is -0.0152. The van der Waals surface area contributed by atoms with Crippen molar-refractivity contribution in [1.29, 1.82) is 0 Å². The number of fused-ring (bicyclic) bond motifs is 1. The lowest BCUT2D eigenvalue weighted by Crippen LogP contribution is -2.24. The molecule has 0 saturated carbocycles. The van der Waals surface area contributed by atoms with Crippen LogP contribution in [0.15, 0.2) is 54.7 Å².